The first-order valence-corrected chi connectivity index (χ1v) is 9.51. The SMILES string of the molecule is CCOC(CC)(P(=O)(O)O)P(=O)(O)OC(CC)CC. The van der Waals surface area contributed by atoms with Crippen molar-refractivity contribution in [1.29, 1.82) is 0 Å². The summed E-state index contributed by atoms with van der Waals surface area (Å²) in [6.07, 6.45) is 0.0650. The largest absolute Gasteiger partial charge is 0.372 e. The number of ether oxygens (including phenoxy) is 1. The van der Waals surface area contributed by atoms with Crippen molar-refractivity contribution in [3.8, 4) is 0 Å². The fourth-order valence-corrected chi connectivity index (χ4v) is 5.52. The number of rotatable bonds is 9. The molecule has 0 aliphatic rings. The van der Waals surface area contributed by atoms with Gasteiger partial charge in [-0.05, 0) is 26.2 Å². The molecular weight excluding hydrogens is 294 g/mol. The third kappa shape index (κ3) is 4.11. The van der Waals surface area contributed by atoms with E-state index in [1.807, 2.05) is 0 Å². The Kier molecular flexibility index (Phi) is 7.42. The Hall–Kier alpha value is 0.260. The van der Waals surface area contributed by atoms with Gasteiger partial charge in [-0.1, -0.05) is 20.8 Å². The van der Waals surface area contributed by atoms with E-state index in [0.29, 0.717) is 12.8 Å². The van der Waals surface area contributed by atoms with Crippen LogP contribution in [0.4, 0.5) is 0 Å². The van der Waals surface area contributed by atoms with Crippen molar-refractivity contribution in [2.45, 2.75) is 58.1 Å². The summed E-state index contributed by atoms with van der Waals surface area (Å²) in [6.45, 7) is 6.31. The molecule has 0 aromatic carbocycles. The fourth-order valence-electron chi connectivity index (χ4n) is 1.79. The van der Waals surface area contributed by atoms with Crippen molar-refractivity contribution in [1.82, 2.24) is 0 Å². The highest BCUT2D eigenvalue weighted by Gasteiger charge is 2.62. The van der Waals surface area contributed by atoms with Gasteiger partial charge in [0.05, 0.1) is 6.10 Å². The summed E-state index contributed by atoms with van der Waals surface area (Å²) in [4.78, 5) is 28.9. The van der Waals surface area contributed by atoms with Crippen LogP contribution >= 0.6 is 15.2 Å². The Balaban J connectivity index is 5.59. The van der Waals surface area contributed by atoms with Crippen molar-refractivity contribution < 1.29 is 33.1 Å². The Labute approximate surface area is 114 Å². The summed E-state index contributed by atoms with van der Waals surface area (Å²) in [5.41, 5.74) is 0. The highest BCUT2D eigenvalue weighted by atomic mass is 31.2. The highest BCUT2D eigenvalue weighted by molar-refractivity contribution is 7.72. The molecule has 0 rings (SSSR count). The molecule has 0 bridgehead atoms. The highest BCUT2D eigenvalue weighted by Crippen LogP contribution is 2.73. The van der Waals surface area contributed by atoms with Crippen LogP contribution in [0.1, 0.15) is 47.0 Å². The second kappa shape index (κ2) is 7.32. The molecule has 7 nitrogen and oxygen atoms in total. The summed E-state index contributed by atoms with van der Waals surface area (Å²) < 4.78 is 34.0. The van der Waals surface area contributed by atoms with Gasteiger partial charge in [0.15, 0.2) is 0 Å². The van der Waals surface area contributed by atoms with Gasteiger partial charge >= 0.3 is 15.2 Å². The minimum absolute atomic E-state index is 0.101. The molecule has 0 heterocycles. The van der Waals surface area contributed by atoms with E-state index in [1.165, 1.54) is 13.8 Å². The zero-order valence-corrected chi connectivity index (χ0v) is 13.6. The van der Waals surface area contributed by atoms with Crippen LogP contribution in [0.2, 0.25) is 0 Å². The van der Waals surface area contributed by atoms with Gasteiger partial charge in [-0.2, -0.15) is 0 Å². The molecule has 2 unspecified atom stereocenters. The van der Waals surface area contributed by atoms with Crippen molar-refractivity contribution in [3.63, 3.8) is 0 Å². The van der Waals surface area contributed by atoms with E-state index in [0.717, 1.165) is 0 Å². The van der Waals surface area contributed by atoms with Crippen LogP contribution < -0.4 is 0 Å². The van der Waals surface area contributed by atoms with E-state index < -0.39 is 26.4 Å². The number of hydrogen-bond acceptors (Lipinski definition) is 4. The molecule has 0 spiro atoms. The maximum Gasteiger partial charge on any atom is 0.372 e. The maximum atomic E-state index is 12.3. The van der Waals surface area contributed by atoms with Gasteiger partial charge in [0, 0.05) is 6.61 Å². The lowest BCUT2D eigenvalue weighted by Gasteiger charge is -2.36. The fraction of sp³-hybridized carbons (Fsp3) is 1.00. The van der Waals surface area contributed by atoms with Crippen LogP contribution in [-0.4, -0.2) is 32.5 Å². The van der Waals surface area contributed by atoms with Crippen molar-refractivity contribution in [2.24, 2.45) is 0 Å². The van der Waals surface area contributed by atoms with Crippen molar-refractivity contribution >= 4 is 15.2 Å². The second-order valence-corrected chi connectivity index (χ2v) is 8.28. The molecule has 0 aromatic heterocycles. The van der Waals surface area contributed by atoms with Crippen LogP contribution in [0.3, 0.4) is 0 Å². The average Bonchev–Trinajstić information content (AvgIpc) is 2.30. The molecule has 116 valence electrons. The van der Waals surface area contributed by atoms with Gasteiger partial charge in [-0.25, -0.2) is 0 Å². The van der Waals surface area contributed by atoms with Crippen LogP contribution in [0.25, 0.3) is 0 Å². The summed E-state index contributed by atoms with van der Waals surface area (Å²) in [5.74, 6) is 0. The lowest BCUT2D eigenvalue weighted by atomic mass is 10.2. The first-order valence-electron chi connectivity index (χ1n) is 6.32. The van der Waals surface area contributed by atoms with E-state index in [-0.39, 0.29) is 13.0 Å². The Morgan fingerprint density at radius 1 is 1.05 bits per heavy atom. The van der Waals surface area contributed by atoms with Gasteiger partial charge in [0.1, 0.15) is 0 Å². The van der Waals surface area contributed by atoms with E-state index in [4.69, 9.17) is 9.26 Å². The molecule has 2 atom stereocenters. The molecule has 9 heteroatoms. The molecular formula is C10H24O7P2. The molecule has 0 saturated heterocycles. The van der Waals surface area contributed by atoms with Crippen molar-refractivity contribution in [3.05, 3.63) is 0 Å². The molecule has 0 aliphatic carbocycles. The van der Waals surface area contributed by atoms with Crippen LogP contribution in [0.15, 0.2) is 0 Å². The van der Waals surface area contributed by atoms with Gasteiger partial charge in [0.25, 0.3) is 5.08 Å². The molecule has 0 fully saturated rings. The molecule has 0 saturated carbocycles. The summed E-state index contributed by atoms with van der Waals surface area (Å²) >= 11 is 0. The molecule has 0 radical (unpaired) electrons. The first-order chi connectivity index (χ1) is 8.61. The molecule has 0 aliphatic heterocycles. The number of hydrogen-bond donors (Lipinski definition) is 3. The maximum absolute atomic E-state index is 12.3. The van der Waals surface area contributed by atoms with E-state index in [2.05, 4.69) is 0 Å². The average molecular weight is 318 g/mol. The third-order valence-electron chi connectivity index (χ3n) is 2.94. The summed E-state index contributed by atoms with van der Waals surface area (Å²) in [6, 6.07) is 0. The third-order valence-corrected chi connectivity index (χ3v) is 7.74. The summed E-state index contributed by atoms with van der Waals surface area (Å²) in [7, 11) is -9.63. The van der Waals surface area contributed by atoms with Gasteiger partial charge < -0.3 is 23.9 Å². The van der Waals surface area contributed by atoms with Gasteiger partial charge in [-0.15, -0.1) is 0 Å². The standard InChI is InChI=1S/C10H24O7P2/c1-5-9(6-2)17-19(14,15)10(7-3,16-8-4)18(11,12)13/h9H,5-8H2,1-4H3,(H,14,15)(H2,11,12,13). The van der Waals surface area contributed by atoms with Crippen LogP contribution in [0.5, 0.6) is 0 Å². The monoisotopic (exact) mass is 318 g/mol. The van der Waals surface area contributed by atoms with E-state index in [9.17, 15) is 23.8 Å². The van der Waals surface area contributed by atoms with Gasteiger partial charge in [0.2, 0.25) is 0 Å². The zero-order chi connectivity index (χ0) is 15.3. The van der Waals surface area contributed by atoms with E-state index >= 15 is 0 Å². The van der Waals surface area contributed by atoms with Crippen LogP contribution in [0, 0.1) is 0 Å². The van der Waals surface area contributed by atoms with Crippen molar-refractivity contribution in [2.75, 3.05) is 6.61 Å². The Bertz CT molecular complexity index is 363. The second-order valence-electron chi connectivity index (χ2n) is 4.14. The first kappa shape index (κ1) is 19.3. The molecule has 19 heavy (non-hydrogen) atoms. The minimum Gasteiger partial charge on any atom is -0.352 e. The summed E-state index contributed by atoms with van der Waals surface area (Å²) in [5, 5.41) is -2.49. The minimum atomic E-state index is -4.98. The lowest BCUT2D eigenvalue weighted by molar-refractivity contribution is 0.0273. The van der Waals surface area contributed by atoms with Gasteiger partial charge in [-0.3, -0.25) is 9.13 Å². The molecule has 0 aromatic rings. The quantitative estimate of drug-likeness (QED) is 0.560. The normalized spacial score (nSPS) is 19.2. The van der Waals surface area contributed by atoms with Crippen LogP contribution in [-0.2, 0) is 18.4 Å². The lowest BCUT2D eigenvalue weighted by Crippen LogP contribution is -2.34. The molecule has 3 N–H and O–H groups in total. The van der Waals surface area contributed by atoms with E-state index in [1.54, 1.807) is 13.8 Å². The predicted octanol–water partition coefficient (Wildman–Crippen LogP) is 2.66. The topological polar surface area (TPSA) is 113 Å². The Morgan fingerprint density at radius 2 is 1.53 bits per heavy atom. The smallest absolute Gasteiger partial charge is 0.352 e. The Morgan fingerprint density at radius 3 is 1.79 bits per heavy atom. The zero-order valence-electron chi connectivity index (χ0n) is 11.8. The molecule has 0 amide bonds. The predicted molar refractivity (Wildman–Crippen MR) is 72.0 cm³/mol.